The number of aromatic nitrogens is 4. The number of hydrogen-bond donors (Lipinski definition) is 2. The second kappa shape index (κ2) is 12.4. The molecule has 1 aliphatic carbocycles. The van der Waals surface area contributed by atoms with Crippen molar-refractivity contribution in [1.82, 2.24) is 35.1 Å². The molecule has 1 aromatic carbocycles. The number of ether oxygens (including phenoxy) is 2. The highest BCUT2D eigenvalue weighted by molar-refractivity contribution is 6.29. The number of urea groups is 1. The third-order valence-electron chi connectivity index (χ3n) is 8.10. The molecule has 2 atom stereocenters. The van der Waals surface area contributed by atoms with E-state index in [0.29, 0.717) is 42.9 Å². The van der Waals surface area contributed by atoms with Crippen molar-refractivity contribution in [3.63, 3.8) is 0 Å². The lowest BCUT2D eigenvalue weighted by Crippen LogP contribution is -2.59. The van der Waals surface area contributed by atoms with E-state index in [9.17, 15) is 9.59 Å². The van der Waals surface area contributed by atoms with Crippen LogP contribution in [0.5, 0.6) is 11.5 Å². The molecule has 13 heteroatoms. The first-order valence-corrected chi connectivity index (χ1v) is 14.8. The minimum Gasteiger partial charge on any atom is -0.454 e. The zero-order valence-electron chi connectivity index (χ0n) is 23.5. The Morgan fingerprint density at radius 3 is 2.74 bits per heavy atom. The van der Waals surface area contributed by atoms with Crippen molar-refractivity contribution >= 4 is 29.4 Å². The van der Waals surface area contributed by atoms with Gasteiger partial charge >= 0.3 is 6.03 Å². The van der Waals surface area contributed by atoms with Crippen LogP contribution in [0.15, 0.2) is 43.0 Å². The Hall–Kier alpha value is -4.06. The monoisotopic (exact) mass is 594 g/mol. The lowest BCUT2D eigenvalue weighted by atomic mass is 9.96. The minimum absolute atomic E-state index is 0.0829. The van der Waals surface area contributed by atoms with Crippen LogP contribution in [-0.4, -0.2) is 74.9 Å². The van der Waals surface area contributed by atoms with E-state index in [1.807, 2.05) is 34.9 Å². The van der Waals surface area contributed by atoms with Crippen LogP contribution < -0.4 is 25.0 Å². The van der Waals surface area contributed by atoms with Gasteiger partial charge in [-0.3, -0.25) is 9.36 Å². The molecule has 222 valence electrons. The first-order chi connectivity index (χ1) is 20.4. The van der Waals surface area contributed by atoms with Crippen molar-refractivity contribution in [2.45, 2.75) is 63.6 Å². The molecular formula is C29H35ClN8O4. The van der Waals surface area contributed by atoms with Crippen LogP contribution in [0.1, 0.15) is 57.1 Å². The molecule has 2 aromatic heterocycles. The number of carbonyl (C=O) groups is 2. The van der Waals surface area contributed by atoms with Crippen LogP contribution in [0.2, 0.25) is 5.15 Å². The van der Waals surface area contributed by atoms with Gasteiger partial charge in [0.2, 0.25) is 18.6 Å². The van der Waals surface area contributed by atoms with Crippen LogP contribution in [0.3, 0.4) is 0 Å². The standard InChI is InChI=1S/C29H35ClN8O4/c1-19(20-7-8-23-24(13-20)42-18-41-23)32-27(39)14-22-16-36(29(40)33-21-5-3-2-4-6-21)11-12-38(22)26-15-25(30)34-28(35-26)37-10-9-31-17-37/h7-10,13,15,17,19,21-22H,2-6,11-12,14,16,18H2,1H3,(H,32,39)(H,33,40). The molecule has 1 saturated carbocycles. The van der Waals surface area contributed by atoms with Crippen LogP contribution in [0.4, 0.5) is 10.6 Å². The average molecular weight is 595 g/mol. The number of imidazole rings is 1. The smallest absolute Gasteiger partial charge is 0.317 e. The van der Waals surface area contributed by atoms with E-state index in [1.165, 1.54) is 6.42 Å². The lowest BCUT2D eigenvalue weighted by Gasteiger charge is -2.42. The fourth-order valence-corrected chi connectivity index (χ4v) is 6.02. The topological polar surface area (TPSA) is 127 Å². The minimum atomic E-state index is -0.332. The number of benzene rings is 1. The van der Waals surface area contributed by atoms with Gasteiger partial charge in [-0.1, -0.05) is 36.9 Å². The van der Waals surface area contributed by atoms with Crippen molar-refractivity contribution in [1.29, 1.82) is 0 Å². The maximum Gasteiger partial charge on any atom is 0.317 e. The van der Waals surface area contributed by atoms with Gasteiger partial charge in [0, 0.05) is 50.6 Å². The predicted octanol–water partition coefficient (Wildman–Crippen LogP) is 3.84. The largest absolute Gasteiger partial charge is 0.454 e. The number of nitrogens with zero attached hydrogens (tertiary/aromatic N) is 6. The summed E-state index contributed by atoms with van der Waals surface area (Å²) in [5.41, 5.74) is 0.911. The van der Waals surface area contributed by atoms with Gasteiger partial charge in [-0.2, -0.15) is 4.98 Å². The number of anilines is 1. The van der Waals surface area contributed by atoms with Gasteiger partial charge in [0.25, 0.3) is 0 Å². The predicted molar refractivity (Wildman–Crippen MR) is 156 cm³/mol. The molecule has 2 aliphatic heterocycles. The normalized spacial score (nSPS) is 19.4. The summed E-state index contributed by atoms with van der Waals surface area (Å²) in [4.78, 5) is 43.7. The Labute approximate surface area is 249 Å². The molecule has 3 amide bonds. The van der Waals surface area contributed by atoms with Crippen molar-refractivity contribution in [3.8, 4) is 17.4 Å². The van der Waals surface area contributed by atoms with E-state index in [2.05, 4.69) is 20.6 Å². The third kappa shape index (κ3) is 6.38. The number of amides is 3. The SMILES string of the molecule is CC(NC(=O)CC1CN(C(=O)NC2CCCCC2)CCN1c1cc(Cl)nc(-n2ccnc2)n1)c1ccc2c(c1)OCO2. The first kappa shape index (κ1) is 28.1. The molecule has 0 bridgehead atoms. The van der Waals surface area contributed by atoms with Gasteiger partial charge in [-0.05, 0) is 37.5 Å². The first-order valence-electron chi connectivity index (χ1n) is 14.5. The number of nitrogens with one attached hydrogen (secondary N) is 2. The van der Waals surface area contributed by atoms with Gasteiger partial charge in [0.05, 0.1) is 12.1 Å². The Balaban J connectivity index is 1.19. The van der Waals surface area contributed by atoms with Gasteiger partial charge < -0.3 is 29.9 Å². The molecule has 2 fully saturated rings. The summed E-state index contributed by atoms with van der Waals surface area (Å²) in [5.74, 6) is 2.20. The van der Waals surface area contributed by atoms with Crippen molar-refractivity contribution in [2.24, 2.45) is 0 Å². The summed E-state index contributed by atoms with van der Waals surface area (Å²) >= 11 is 6.42. The van der Waals surface area contributed by atoms with Crippen LogP contribution >= 0.6 is 11.6 Å². The van der Waals surface area contributed by atoms with E-state index < -0.39 is 0 Å². The average Bonchev–Trinajstić information content (AvgIpc) is 3.70. The molecule has 2 unspecified atom stereocenters. The Morgan fingerprint density at radius 2 is 1.93 bits per heavy atom. The molecule has 4 heterocycles. The Kier molecular flexibility index (Phi) is 8.31. The molecule has 3 aliphatic rings. The van der Waals surface area contributed by atoms with E-state index in [-0.39, 0.29) is 48.4 Å². The number of carbonyl (C=O) groups excluding carboxylic acids is 2. The number of fused-ring (bicyclic) bond motifs is 1. The quantitative estimate of drug-likeness (QED) is 0.395. The summed E-state index contributed by atoms with van der Waals surface area (Å²) in [7, 11) is 0. The van der Waals surface area contributed by atoms with Crippen molar-refractivity contribution < 1.29 is 19.1 Å². The number of halogens is 1. The highest BCUT2D eigenvalue weighted by atomic mass is 35.5. The van der Waals surface area contributed by atoms with Gasteiger partial charge in [-0.25, -0.2) is 14.8 Å². The summed E-state index contributed by atoms with van der Waals surface area (Å²) in [5, 5.41) is 6.60. The molecule has 3 aromatic rings. The number of hydrogen-bond acceptors (Lipinski definition) is 8. The van der Waals surface area contributed by atoms with Crippen LogP contribution in [0.25, 0.3) is 5.95 Å². The molecule has 1 saturated heterocycles. The Bertz CT molecular complexity index is 1410. The van der Waals surface area contributed by atoms with Gasteiger partial charge in [-0.15, -0.1) is 0 Å². The number of rotatable bonds is 7. The molecule has 0 spiro atoms. The second-order valence-electron chi connectivity index (χ2n) is 11.0. The molecule has 2 N–H and O–H groups in total. The fourth-order valence-electron chi connectivity index (χ4n) is 5.84. The zero-order chi connectivity index (χ0) is 29.1. The van der Waals surface area contributed by atoms with Crippen molar-refractivity contribution in [2.75, 3.05) is 31.3 Å². The van der Waals surface area contributed by atoms with Gasteiger partial charge in [0.1, 0.15) is 17.3 Å². The zero-order valence-corrected chi connectivity index (χ0v) is 24.3. The van der Waals surface area contributed by atoms with Gasteiger partial charge in [0.15, 0.2) is 11.5 Å². The highest BCUT2D eigenvalue weighted by Crippen LogP contribution is 2.34. The van der Waals surface area contributed by atoms with E-state index in [0.717, 1.165) is 31.2 Å². The number of piperazine rings is 1. The molecule has 6 rings (SSSR count). The molecule has 42 heavy (non-hydrogen) atoms. The van der Waals surface area contributed by atoms with Crippen LogP contribution in [-0.2, 0) is 4.79 Å². The third-order valence-corrected chi connectivity index (χ3v) is 8.29. The fraction of sp³-hybridized carbons (Fsp3) is 0.483. The van der Waals surface area contributed by atoms with E-state index in [1.54, 1.807) is 29.4 Å². The maximum absolute atomic E-state index is 13.4. The van der Waals surface area contributed by atoms with Crippen LogP contribution in [0, 0.1) is 0 Å². The Morgan fingerprint density at radius 1 is 1.10 bits per heavy atom. The summed E-state index contributed by atoms with van der Waals surface area (Å²) in [6.45, 7) is 3.47. The van der Waals surface area contributed by atoms with Crippen molar-refractivity contribution in [3.05, 3.63) is 53.7 Å². The van der Waals surface area contributed by atoms with E-state index >= 15 is 0 Å². The summed E-state index contributed by atoms with van der Waals surface area (Å²) in [6, 6.07) is 6.88. The second-order valence-corrected chi connectivity index (χ2v) is 11.4. The summed E-state index contributed by atoms with van der Waals surface area (Å²) in [6.07, 6.45) is 10.6. The maximum atomic E-state index is 13.4. The molecular weight excluding hydrogens is 560 g/mol. The molecule has 12 nitrogen and oxygen atoms in total. The highest BCUT2D eigenvalue weighted by Gasteiger charge is 2.33. The lowest BCUT2D eigenvalue weighted by molar-refractivity contribution is -0.122. The van der Waals surface area contributed by atoms with E-state index in [4.69, 9.17) is 26.1 Å². The summed E-state index contributed by atoms with van der Waals surface area (Å²) < 4.78 is 12.6. The molecule has 0 radical (unpaired) electrons.